The number of amides is 2. The van der Waals surface area contributed by atoms with Gasteiger partial charge in [0, 0.05) is 24.9 Å². The summed E-state index contributed by atoms with van der Waals surface area (Å²) in [4.78, 5) is 54.5. The monoisotopic (exact) mass is 449 g/mol. The molecule has 2 heterocycles. The Labute approximate surface area is 185 Å². The van der Waals surface area contributed by atoms with Crippen molar-refractivity contribution in [3.63, 3.8) is 0 Å². The van der Waals surface area contributed by atoms with Crippen molar-refractivity contribution in [1.29, 1.82) is 0 Å². The molecule has 0 aliphatic carbocycles. The van der Waals surface area contributed by atoms with E-state index in [1.54, 1.807) is 0 Å². The minimum absolute atomic E-state index is 0.0246. The van der Waals surface area contributed by atoms with Gasteiger partial charge in [0.15, 0.2) is 5.69 Å². The Morgan fingerprint density at radius 2 is 2.03 bits per heavy atom. The minimum Gasteiger partial charge on any atom is -0.383 e. The summed E-state index contributed by atoms with van der Waals surface area (Å²) in [5, 5.41) is 4.67. The molecular weight excluding hydrogens is 418 g/mol. The first-order chi connectivity index (χ1) is 14.6. The highest BCUT2D eigenvalue weighted by atomic mass is 32.1. The molecule has 10 heteroatoms. The van der Waals surface area contributed by atoms with E-state index >= 15 is 0 Å². The van der Waals surface area contributed by atoms with Crippen molar-refractivity contribution in [3.8, 4) is 0 Å². The topological polar surface area (TPSA) is 130 Å². The number of thiophene rings is 1. The first kappa shape index (κ1) is 24.4. The number of rotatable bonds is 10. The van der Waals surface area contributed by atoms with E-state index in [1.807, 2.05) is 38.3 Å². The Morgan fingerprint density at radius 3 is 2.58 bits per heavy atom. The number of aromatic amines is 1. The molecule has 2 rings (SSSR count). The number of nitrogens with one attached hydrogen (secondary N) is 2. The number of aromatic nitrogens is 2. The van der Waals surface area contributed by atoms with Gasteiger partial charge in [-0.2, -0.15) is 0 Å². The molecular formula is C21H31N5O4S. The van der Waals surface area contributed by atoms with Gasteiger partial charge in [0.05, 0.1) is 12.5 Å². The predicted octanol–water partition coefficient (Wildman–Crippen LogP) is 2.24. The zero-order valence-electron chi connectivity index (χ0n) is 18.4. The molecule has 31 heavy (non-hydrogen) atoms. The highest BCUT2D eigenvalue weighted by Crippen LogP contribution is 2.26. The quantitative estimate of drug-likeness (QED) is 0.512. The van der Waals surface area contributed by atoms with Gasteiger partial charge >= 0.3 is 5.69 Å². The smallest absolute Gasteiger partial charge is 0.330 e. The standard InChI is InChI=1S/C21H31N5O4S/c1-5-6-9-25-19(22)18(20(29)24-21(25)30)26(12-13(2)3)17(28)11-15(23-14(4)27)16-8-7-10-31-16/h7-8,10,13,15H,5-6,9,11-12,22H2,1-4H3,(H,23,27)(H,24,29,30). The molecule has 4 N–H and O–H groups in total. The summed E-state index contributed by atoms with van der Waals surface area (Å²) in [7, 11) is 0. The van der Waals surface area contributed by atoms with Crippen LogP contribution in [0.1, 0.15) is 57.9 Å². The van der Waals surface area contributed by atoms with Gasteiger partial charge in [-0.25, -0.2) is 4.79 Å². The van der Waals surface area contributed by atoms with E-state index in [1.165, 1.54) is 27.7 Å². The minimum atomic E-state index is -0.698. The number of nitrogens with zero attached hydrogens (tertiary/aromatic N) is 2. The summed E-state index contributed by atoms with van der Waals surface area (Å²) in [6.45, 7) is 7.80. The Kier molecular flexibility index (Phi) is 8.61. The van der Waals surface area contributed by atoms with Crippen LogP contribution in [0, 0.1) is 5.92 Å². The molecule has 0 radical (unpaired) electrons. The molecule has 2 aromatic rings. The molecule has 0 bridgehead atoms. The summed E-state index contributed by atoms with van der Waals surface area (Å²) in [6, 6.07) is 3.17. The molecule has 1 atom stereocenters. The third kappa shape index (κ3) is 6.30. The zero-order valence-corrected chi connectivity index (χ0v) is 19.3. The Morgan fingerprint density at radius 1 is 1.32 bits per heavy atom. The van der Waals surface area contributed by atoms with Crippen LogP contribution in [0.15, 0.2) is 27.1 Å². The van der Waals surface area contributed by atoms with Gasteiger partial charge in [0.1, 0.15) is 5.82 Å². The van der Waals surface area contributed by atoms with Gasteiger partial charge in [0.25, 0.3) is 5.56 Å². The van der Waals surface area contributed by atoms with Crippen LogP contribution < -0.4 is 27.2 Å². The number of hydrogen-bond acceptors (Lipinski definition) is 6. The summed E-state index contributed by atoms with van der Waals surface area (Å²) in [6.07, 6.45) is 1.50. The summed E-state index contributed by atoms with van der Waals surface area (Å²) in [5.41, 5.74) is 4.91. The van der Waals surface area contributed by atoms with Crippen molar-refractivity contribution in [3.05, 3.63) is 43.2 Å². The molecule has 170 valence electrons. The van der Waals surface area contributed by atoms with Gasteiger partial charge in [-0.3, -0.25) is 23.9 Å². The van der Waals surface area contributed by atoms with E-state index in [4.69, 9.17) is 5.73 Å². The SMILES string of the molecule is CCCCn1c(N)c(N(CC(C)C)C(=O)CC(NC(C)=O)c2cccs2)c(=O)[nH]c1=O. The van der Waals surface area contributed by atoms with Crippen LogP contribution in [0.4, 0.5) is 11.5 Å². The summed E-state index contributed by atoms with van der Waals surface area (Å²) < 4.78 is 1.30. The van der Waals surface area contributed by atoms with Crippen molar-refractivity contribution in [1.82, 2.24) is 14.9 Å². The largest absolute Gasteiger partial charge is 0.383 e. The maximum atomic E-state index is 13.4. The van der Waals surface area contributed by atoms with E-state index < -0.39 is 17.3 Å². The van der Waals surface area contributed by atoms with Crippen LogP contribution >= 0.6 is 11.3 Å². The second kappa shape index (κ2) is 10.9. The van der Waals surface area contributed by atoms with Gasteiger partial charge < -0.3 is 16.0 Å². The maximum Gasteiger partial charge on any atom is 0.330 e. The molecule has 0 spiro atoms. The molecule has 0 aliphatic rings. The fourth-order valence-corrected chi connectivity index (χ4v) is 4.08. The van der Waals surface area contributed by atoms with Crippen molar-refractivity contribution in [2.24, 2.45) is 5.92 Å². The fourth-order valence-electron chi connectivity index (χ4n) is 3.30. The van der Waals surface area contributed by atoms with Gasteiger partial charge in [0.2, 0.25) is 11.8 Å². The lowest BCUT2D eigenvalue weighted by Crippen LogP contribution is -2.44. The number of nitrogens with two attached hydrogens (primary N) is 1. The van der Waals surface area contributed by atoms with Crippen LogP contribution in [0.3, 0.4) is 0 Å². The Balaban J connectivity index is 2.47. The number of unbranched alkanes of at least 4 members (excludes halogenated alkanes) is 1. The summed E-state index contributed by atoms with van der Waals surface area (Å²) >= 11 is 1.43. The van der Waals surface area contributed by atoms with Crippen molar-refractivity contribution in [2.45, 2.75) is 59.5 Å². The van der Waals surface area contributed by atoms with Crippen molar-refractivity contribution < 1.29 is 9.59 Å². The molecule has 2 amide bonds. The van der Waals surface area contributed by atoms with Gasteiger partial charge in [-0.1, -0.05) is 33.3 Å². The number of carbonyl (C=O) groups excluding carboxylic acids is 2. The van der Waals surface area contributed by atoms with E-state index in [0.29, 0.717) is 13.0 Å². The lowest BCUT2D eigenvalue weighted by atomic mass is 10.1. The number of anilines is 2. The number of hydrogen-bond donors (Lipinski definition) is 3. The van der Waals surface area contributed by atoms with E-state index in [9.17, 15) is 19.2 Å². The van der Waals surface area contributed by atoms with E-state index in [0.717, 1.165) is 11.3 Å². The Hall–Kier alpha value is -2.88. The van der Waals surface area contributed by atoms with E-state index in [-0.39, 0.29) is 42.2 Å². The van der Waals surface area contributed by atoms with Crippen LogP contribution in [-0.4, -0.2) is 27.9 Å². The average molecular weight is 450 g/mol. The van der Waals surface area contributed by atoms with Gasteiger partial charge in [-0.15, -0.1) is 11.3 Å². The van der Waals surface area contributed by atoms with Crippen molar-refractivity contribution in [2.75, 3.05) is 17.2 Å². The van der Waals surface area contributed by atoms with Crippen LogP contribution in [0.5, 0.6) is 0 Å². The third-order valence-electron chi connectivity index (χ3n) is 4.71. The molecule has 0 saturated heterocycles. The van der Waals surface area contributed by atoms with Crippen molar-refractivity contribution >= 4 is 34.7 Å². The number of carbonyl (C=O) groups is 2. The highest BCUT2D eigenvalue weighted by molar-refractivity contribution is 7.10. The molecule has 0 saturated carbocycles. The normalized spacial score (nSPS) is 12.0. The average Bonchev–Trinajstić information content (AvgIpc) is 3.20. The zero-order chi connectivity index (χ0) is 23.1. The van der Waals surface area contributed by atoms with Gasteiger partial charge in [-0.05, 0) is 23.8 Å². The molecule has 0 fully saturated rings. The number of nitrogen functional groups attached to an aromatic ring is 1. The molecule has 2 aromatic heterocycles. The maximum absolute atomic E-state index is 13.4. The first-order valence-corrected chi connectivity index (χ1v) is 11.3. The van der Waals surface area contributed by atoms with E-state index in [2.05, 4.69) is 10.3 Å². The molecule has 9 nitrogen and oxygen atoms in total. The highest BCUT2D eigenvalue weighted by Gasteiger charge is 2.28. The Bertz CT molecular complexity index is 1010. The predicted molar refractivity (Wildman–Crippen MR) is 123 cm³/mol. The lowest BCUT2D eigenvalue weighted by Gasteiger charge is -2.28. The van der Waals surface area contributed by atoms with Crippen LogP contribution in [0.25, 0.3) is 0 Å². The fraction of sp³-hybridized carbons (Fsp3) is 0.524. The first-order valence-electron chi connectivity index (χ1n) is 10.4. The molecule has 0 aromatic carbocycles. The molecule has 1 unspecified atom stereocenters. The summed E-state index contributed by atoms with van der Waals surface area (Å²) in [5.74, 6) is -0.603. The number of H-pyrrole nitrogens is 1. The second-order valence-corrected chi connectivity index (χ2v) is 8.85. The van der Waals surface area contributed by atoms with Crippen LogP contribution in [0.2, 0.25) is 0 Å². The van der Waals surface area contributed by atoms with Crippen LogP contribution in [-0.2, 0) is 16.1 Å². The lowest BCUT2D eigenvalue weighted by molar-refractivity contribution is -0.121. The third-order valence-corrected chi connectivity index (χ3v) is 5.70. The second-order valence-electron chi connectivity index (χ2n) is 7.87. The molecule has 0 aliphatic heterocycles.